The van der Waals surface area contributed by atoms with Crippen LogP contribution in [0.3, 0.4) is 0 Å². The Bertz CT molecular complexity index is 934. The third kappa shape index (κ3) is 3.10. The molecule has 1 atom stereocenters. The van der Waals surface area contributed by atoms with E-state index in [9.17, 15) is 4.79 Å². The lowest BCUT2D eigenvalue weighted by molar-refractivity contribution is -0.128. The van der Waals surface area contributed by atoms with Crippen LogP contribution in [0.2, 0.25) is 0 Å². The standard InChI is InChI=1S/C19H19N3O3S/c1-12-7-8-26-17(12)19-20-18(21-25-19)14-9-16(23)22(11-14)10-13-5-3-4-6-15(13)24-2/h3-8,14H,9-11H2,1-2H3/t14-/m0/s1. The molecule has 3 heterocycles. The number of aromatic nitrogens is 2. The van der Waals surface area contributed by atoms with Gasteiger partial charge in [-0.05, 0) is 30.0 Å². The molecule has 0 N–H and O–H groups in total. The Kier molecular flexibility index (Phi) is 4.46. The molecule has 0 spiro atoms. The number of hydrogen-bond acceptors (Lipinski definition) is 6. The molecule has 2 aromatic heterocycles. The summed E-state index contributed by atoms with van der Waals surface area (Å²) in [5, 5.41) is 6.12. The molecule has 134 valence electrons. The maximum absolute atomic E-state index is 12.5. The molecule has 1 aromatic carbocycles. The lowest BCUT2D eigenvalue weighted by Crippen LogP contribution is -2.24. The number of aryl methyl sites for hydroxylation is 1. The second-order valence-corrected chi connectivity index (χ2v) is 7.29. The maximum atomic E-state index is 12.5. The van der Waals surface area contributed by atoms with Crippen molar-refractivity contribution in [3.8, 4) is 16.5 Å². The third-order valence-electron chi connectivity index (χ3n) is 4.63. The van der Waals surface area contributed by atoms with E-state index in [1.54, 1.807) is 18.4 Å². The topological polar surface area (TPSA) is 68.5 Å². The highest BCUT2D eigenvalue weighted by atomic mass is 32.1. The van der Waals surface area contributed by atoms with Crippen molar-refractivity contribution in [1.82, 2.24) is 15.0 Å². The van der Waals surface area contributed by atoms with Crippen molar-refractivity contribution in [3.05, 3.63) is 52.7 Å². The van der Waals surface area contributed by atoms with Crippen LogP contribution in [0, 0.1) is 6.92 Å². The average Bonchev–Trinajstić information content (AvgIpc) is 3.36. The van der Waals surface area contributed by atoms with Crippen LogP contribution in [0.5, 0.6) is 5.75 Å². The Balaban J connectivity index is 1.50. The summed E-state index contributed by atoms with van der Waals surface area (Å²) in [6.07, 6.45) is 0.400. The van der Waals surface area contributed by atoms with Crippen LogP contribution in [-0.4, -0.2) is 34.6 Å². The molecule has 1 aliphatic heterocycles. The van der Waals surface area contributed by atoms with Crippen molar-refractivity contribution < 1.29 is 14.1 Å². The lowest BCUT2D eigenvalue weighted by atomic mass is 10.1. The van der Waals surface area contributed by atoms with Crippen LogP contribution in [0.4, 0.5) is 0 Å². The van der Waals surface area contributed by atoms with Gasteiger partial charge < -0.3 is 14.2 Å². The molecule has 1 saturated heterocycles. The van der Waals surface area contributed by atoms with Crippen molar-refractivity contribution in [2.24, 2.45) is 0 Å². The van der Waals surface area contributed by atoms with Crippen molar-refractivity contribution in [2.75, 3.05) is 13.7 Å². The zero-order valence-corrected chi connectivity index (χ0v) is 15.5. The smallest absolute Gasteiger partial charge is 0.268 e. The molecule has 0 radical (unpaired) electrons. The number of carbonyl (C=O) groups excluding carboxylic acids is 1. The van der Waals surface area contributed by atoms with Gasteiger partial charge in [-0.25, -0.2) is 0 Å². The molecule has 7 heteroatoms. The van der Waals surface area contributed by atoms with Gasteiger partial charge in [-0.1, -0.05) is 23.4 Å². The second-order valence-electron chi connectivity index (χ2n) is 6.38. The van der Waals surface area contributed by atoms with E-state index in [1.807, 2.05) is 47.5 Å². The number of rotatable bonds is 5. The minimum atomic E-state index is -0.0463. The molecule has 3 aromatic rings. The second kappa shape index (κ2) is 6.92. The largest absolute Gasteiger partial charge is 0.496 e. The van der Waals surface area contributed by atoms with Crippen LogP contribution in [-0.2, 0) is 11.3 Å². The summed E-state index contributed by atoms with van der Waals surface area (Å²) >= 11 is 1.58. The number of para-hydroxylation sites is 1. The highest BCUT2D eigenvalue weighted by Crippen LogP contribution is 2.32. The van der Waals surface area contributed by atoms with Crippen LogP contribution in [0.25, 0.3) is 10.8 Å². The Morgan fingerprint density at radius 3 is 2.96 bits per heavy atom. The first-order valence-electron chi connectivity index (χ1n) is 8.43. The first kappa shape index (κ1) is 16.8. The van der Waals surface area contributed by atoms with E-state index in [2.05, 4.69) is 10.1 Å². The molecule has 0 unspecified atom stereocenters. The minimum absolute atomic E-state index is 0.0463. The molecule has 0 saturated carbocycles. The Hall–Kier alpha value is -2.67. The van der Waals surface area contributed by atoms with Gasteiger partial charge in [-0.3, -0.25) is 4.79 Å². The Morgan fingerprint density at radius 2 is 2.19 bits per heavy atom. The minimum Gasteiger partial charge on any atom is -0.496 e. The number of carbonyl (C=O) groups is 1. The molecule has 26 heavy (non-hydrogen) atoms. The molecule has 4 rings (SSSR count). The van der Waals surface area contributed by atoms with Gasteiger partial charge in [-0.2, -0.15) is 4.98 Å². The van der Waals surface area contributed by atoms with Crippen molar-refractivity contribution in [2.45, 2.75) is 25.8 Å². The van der Waals surface area contributed by atoms with Crippen LogP contribution >= 0.6 is 11.3 Å². The summed E-state index contributed by atoms with van der Waals surface area (Å²) in [6.45, 7) is 3.12. The fraction of sp³-hybridized carbons (Fsp3) is 0.316. The van der Waals surface area contributed by atoms with Gasteiger partial charge in [0.05, 0.1) is 12.0 Å². The molecule has 1 amide bonds. The first-order valence-corrected chi connectivity index (χ1v) is 9.31. The summed E-state index contributed by atoms with van der Waals surface area (Å²) in [4.78, 5) is 19.8. The van der Waals surface area contributed by atoms with Crippen molar-refractivity contribution in [1.29, 1.82) is 0 Å². The maximum Gasteiger partial charge on any atom is 0.268 e. The molecule has 1 aliphatic rings. The summed E-state index contributed by atoms with van der Waals surface area (Å²) in [5.74, 6) is 1.97. The van der Waals surface area contributed by atoms with Gasteiger partial charge >= 0.3 is 0 Å². The third-order valence-corrected chi connectivity index (χ3v) is 5.64. The zero-order valence-electron chi connectivity index (χ0n) is 14.6. The van der Waals surface area contributed by atoms with Gasteiger partial charge in [0.1, 0.15) is 5.75 Å². The number of hydrogen-bond donors (Lipinski definition) is 0. The molecular formula is C19H19N3O3S. The highest BCUT2D eigenvalue weighted by molar-refractivity contribution is 7.13. The molecular weight excluding hydrogens is 350 g/mol. The fourth-order valence-corrected chi connectivity index (χ4v) is 4.07. The van der Waals surface area contributed by atoms with Gasteiger partial charge in [-0.15, -0.1) is 11.3 Å². The van der Waals surface area contributed by atoms with Crippen LogP contribution in [0.15, 0.2) is 40.2 Å². The highest BCUT2D eigenvalue weighted by Gasteiger charge is 2.34. The summed E-state index contributed by atoms with van der Waals surface area (Å²) in [5.41, 5.74) is 2.11. The lowest BCUT2D eigenvalue weighted by Gasteiger charge is -2.17. The van der Waals surface area contributed by atoms with E-state index < -0.39 is 0 Å². The van der Waals surface area contributed by atoms with E-state index in [0.29, 0.717) is 31.2 Å². The van der Waals surface area contributed by atoms with Gasteiger partial charge in [0.15, 0.2) is 5.82 Å². The van der Waals surface area contributed by atoms with Crippen LogP contribution in [0.1, 0.15) is 29.3 Å². The normalized spacial score (nSPS) is 17.1. The monoisotopic (exact) mass is 369 g/mol. The number of ether oxygens (including phenoxy) is 1. The summed E-state index contributed by atoms with van der Waals surface area (Å²) in [6, 6.07) is 9.78. The SMILES string of the molecule is COc1ccccc1CN1C[C@@H](c2noc(-c3sccc3C)n2)CC1=O. The zero-order chi connectivity index (χ0) is 18.1. The summed E-state index contributed by atoms with van der Waals surface area (Å²) < 4.78 is 10.8. The Morgan fingerprint density at radius 1 is 1.35 bits per heavy atom. The van der Waals surface area contributed by atoms with Gasteiger partial charge in [0.2, 0.25) is 5.91 Å². The number of likely N-dealkylation sites (tertiary alicyclic amines) is 1. The molecule has 0 aliphatic carbocycles. The summed E-state index contributed by atoms with van der Waals surface area (Å²) in [7, 11) is 1.64. The van der Waals surface area contributed by atoms with E-state index in [1.165, 1.54) is 0 Å². The van der Waals surface area contributed by atoms with Crippen molar-refractivity contribution in [3.63, 3.8) is 0 Å². The quantitative estimate of drug-likeness (QED) is 0.687. The number of benzene rings is 1. The number of amides is 1. The Labute approximate surface area is 155 Å². The molecule has 6 nitrogen and oxygen atoms in total. The van der Waals surface area contributed by atoms with E-state index in [-0.39, 0.29) is 11.8 Å². The number of thiophene rings is 1. The van der Waals surface area contributed by atoms with Crippen molar-refractivity contribution >= 4 is 17.2 Å². The number of nitrogens with zero attached hydrogens (tertiary/aromatic N) is 3. The average molecular weight is 369 g/mol. The fourth-order valence-electron chi connectivity index (χ4n) is 3.22. The predicted octanol–water partition coefficient (Wildman–Crippen LogP) is 3.63. The van der Waals surface area contributed by atoms with Gasteiger partial charge in [0, 0.05) is 31.0 Å². The first-order chi connectivity index (χ1) is 12.7. The van der Waals surface area contributed by atoms with Gasteiger partial charge in [0.25, 0.3) is 5.89 Å². The number of methoxy groups -OCH3 is 1. The van der Waals surface area contributed by atoms with E-state index in [4.69, 9.17) is 9.26 Å². The molecule has 1 fully saturated rings. The predicted molar refractivity (Wildman–Crippen MR) is 98.1 cm³/mol. The van der Waals surface area contributed by atoms with E-state index >= 15 is 0 Å². The van der Waals surface area contributed by atoms with E-state index in [0.717, 1.165) is 21.8 Å². The molecule has 0 bridgehead atoms. The van der Waals surface area contributed by atoms with Crippen LogP contribution < -0.4 is 4.74 Å².